The number of guanidine groups is 1. The summed E-state index contributed by atoms with van der Waals surface area (Å²) in [6, 6.07) is 8.14. The molecule has 1 aromatic carbocycles. The molecular formula is C21H31ClN6S. The number of nitrogens with zero attached hydrogens (tertiary/aromatic N) is 4. The molecule has 1 saturated heterocycles. The molecule has 1 aliphatic heterocycles. The van der Waals surface area contributed by atoms with Gasteiger partial charge < -0.3 is 15.5 Å². The number of thiazole rings is 1. The number of hydrogen-bond donors (Lipinski definition) is 2. The second kappa shape index (κ2) is 11.4. The van der Waals surface area contributed by atoms with Gasteiger partial charge in [-0.3, -0.25) is 4.90 Å². The van der Waals surface area contributed by atoms with Crippen molar-refractivity contribution in [3.63, 3.8) is 0 Å². The lowest BCUT2D eigenvalue weighted by atomic mass is 10.2. The van der Waals surface area contributed by atoms with E-state index in [1.165, 1.54) is 10.6 Å². The minimum absolute atomic E-state index is 0.624. The van der Waals surface area contributed by atoms with E-state index in [9.17, 15) is 0 Å². The van der Waals surface area contributed by atoms with Gasteiger partial charge >= 0.3 is 0 Å². The predicted octanol–water partition coefficient (Wildman–Crippen LogP) is 3.37. The Morgan fingerprint density at radius 1 is 1.24 bits per heavy atom. The third-order valence-corrected chi connectivity index (χ3v) is 6.01. The van der Waals surface area contributed by atoms with Crippen molar-refractivity contribution in [2.45, 2.75) is 26.8 Å². The van der Waals surface area contributed by atoms with E-state index in [1.807, 2.05) is 18.3 Å². The number of halogens is 1. The van der Waals surface area contributed by atoms with Gasteiger partial charge in [-0.05, 0) is 45.0 Å². The number of rotatable bonds is 8. The highest BCUT2D eigenvalue weighted by Crippen LogP contribution is 2.20. The summed E-state index contributed by atoms with van der Waals surface area (Å²) < 4.78 is 0. The van der Waals surface area contributed by atoms with Crippen LogP contribution in [0, 0.1) is 6.92 Å². The lowest BCUT2D eigenvalue weighted by Gasteiger charge is -2.36. The molecule has 29 heavy (non-hydrogen) atoms. The minimum atomic E-state index is 0.624. The van der Waals surface area contributed by atoms with Crippen LogP contribution in [0.1, 0.15) is 23.2 Å². The monoisotopic (exact) mass is 434 g/mol. The van der Waals surface area contributed by atoms with Gasteiger partial charge in [-0.15, -0.1) is 11.3 Å². The van der Waals surface area contributed by atoms with E-state index in [-0.39, 0.29) is 0 Å². The average molecular weight is 435 g/mol. The molecule has 0 bridgehead atoms. The molecular weight excluding hydrogens is 404 g/mol. The number of aromatic nitrogens is 1. The molecule has 0 spiro atoms. The van der Waals surface area contributed by atoms with Crippen molar-refractivity contribution >= 4 is 34.6 Å². The van der Waals surface area contributed by atoms with Gasteiger partial charge in [-0.2, -0.15) is 0 Å². The Morgan fingerprint density at radius 2 is 2.07 bits per heavy atom. The molecule has 158 valence electrons. The minimum Gasteiger partial charge on any atom is -0.369 e. The maximum atomic E-state index is 6.12. The van der Waals surface area contributed by atoms with Gasteiger partial charge in [0.25, 0.3) is 0 Å². The first kappa shape index (κ1) is 21.9. The van der Waals surface area contributed by atoms with Crippen molar-refractivity contribution < 1.29 is 0 Å². The largest absolute Gasteiger partial charge is 0.369 e. The van der Waals surface area contributed by atoms with Crippen LogP contribution in [0.5, 0.6) is 0 Å². The molecule has 0 aliphatic carbocycles. The zero-order valence-electron chi connectivity index (χ0n) is 17.3. The molecule has 2 aromatic rings. The smallest absolute Gasteiger partial charge is 0.191 e. The van der Waals surface area contributed by atoms with Gasteiger partial charge in [0.15, 0.2) is 5.96 Å². The average Bonchev–Trinajstić information content (AvgIpc) is 3.15. The molecule has 0 saturated carbocycles. The van der Waals surface area contributed by atoms with Crippen LogP contribution in [0.2, 0.25) is 5.02 Å². The van der Waals surface area contributed by atoms with Crippen molar-refractivity contribution in [1.29, 1.82) is 0 Å². The topological polar surface area (TPSA) is 55.8 Å². The molecule has 3 rings (SSSR count). The number of aryl methyl sites for hydroxylation is 1. The lowest BCUT2D eigenvalue weighted by Crippen LogP contribution is -2.47. The predicted molar refractivity (Wildman–Crippen MR) is 124 cm³/mol. The van der Waals surface area contributed by atoms with Crippen LogP contribution < -0.4 is 15.5 Å². The first-order valence-corrected chi connectivity index (χ1v) is 11.5. The fraction of sp³-hybridized carbons (Fsp3) is 0.524. The summed E-state index contributed by atoms with van der Waals surface area (Å²) in [5.74, 6) is 0.867. The second-order valence-corrected chi connectivity index (χ2v) is 8.90. The number of nitrogens with one attached hydrogen (secondary N) is 2. The van der Waals surface area contributed by atoms with Crippen LogP contribution >= 0.6 is 22.9 Å². The van der Waals surface area contributed by atoms with Crippen molar-refractivity contribution in [1.82, 2.24) is 20.5 Å². The summed E-state index contributed by atoms with van der Waals surface area (Å²) in [6.45, 7) is 11.9. The van der Waals surface area contributed by atoms with Crippen LogP contribution in [0.15, 0.2) is 35.5 Å². The Kier molecular flexibility index (Phi) is 8.58. The van der Waals surface area contributed by atoms with Gasteiger partial charge in [0.05, 0.1) is 6.54 Å². The second-order valence-electron chi connectivity index (χ2n) is 7.15. The molecule has 1 aliphatic rings. The fourth-order valence-electron chi connectivity index (χ4n) is 3.37. The van der Waals surface area contributed by atoms with E-state index < -0.39 is 0 Å². The summed E-state index contributed by atoms with van der Waals surface area (Å²) in [5, 5.41) is 8.61. The first-order chi connectivity index (χ1) is 14.1. The fourth-order valence-corrected chi connectivity index (χ4v) is 4.27. The Bertz CT molecular complexity index is 785. The Hall–Kier alpha value is -1.83. The molecule has 2 heterocycles. The van der Waals surface area contributed by atoms with Gasteiger partial charge in [0.1, 0.15) is 5.01 Å². The van der Waals surface area contributed by atoms with Crippen LogP contribution in [0.4, 0.5) is 5.69 Å². The molecule has 1 fully saturated rings. The lowest BCUT2D eigenvalue weighted by molar-refractivity contribution is 0.255. The first-order valence-electron chi connectivity index (χ1n) is 10.3. The maximum Gasteiger partial charge on any atom is 0.191 e. The third kappa shape index (κ3) is 7.17. The molecule has 0 amide bonds. The summed E-state index contributed by atoms with van der Waals surface area (Å²) >= 11 is 7.82. The van der Waals surface area contributed by atoms with Crippen molar-refractivity contribution in [3.8, 4) is 0 Å². The Labute approximate surface area is 183 Å². The quantitative estimate of drug-likeness (QED) is 0.379. The molecule has 2 N–H and O–H groups in total. The van der Waals surface area contributed by atoms with Crippen LogP contribution in [-0.4, -0.2) is 61.7 Å². The highest BCUT2D eigenvalue weighted by molar-refractivity contribution is 7.11. The third-order valence-electron chi connectivity index (χ3n) is 4.88. The van der Waals surface area contributed by atoms with Crippen LogP contribution in [-0.2, 0) is 6.54 Å². The van der Waals surface area contributed by atoms with E-state index in [2.05, 4.69) is 56.4 Å². The highest BCUT2D eigenvalue weighted by Gasteiger charge is 2.16. The highest BCUT2D eigenvalue weighted by atomic mass is 35.5. The van der Waals surface area contributed by atoms with E-state index >= 15 is 0 Å². The Morgan fingerprint density at radius 3 is 2.76 bits per heavy atom. The number of aliphatic imine (C=N–C) groups is 1. The summed E-state index contributed by atoms with van der Waals surface area (Å²) in [6.07, 6.45) is 3.00. The van der Waals surface area contributed by atoms with Crippen LogP contribution in [0.25, 0.3) is 0 Å². The van der Waals surface area contributed by atoms with E-state index in [1.54, 1.807) is 11.3 Å². The molecule has 6 nitrogen and oxygen atoms in total. The number of hydrogen-bond acceptors (Lipinski definition) is 5. The van der Waals surface area contributed by atoms with Gasteiger partial charge in [-0.25, -0.2) is 9.98 Å². The number of anilines is 1. The molecule has 0 unspecified atom stereocenters. The zero-order chi connectivity index (χ0) is 20.5. The van der Waals surface area contributed by atoms with Crippen LogP contribution in [0.3, 0.4) is 0 Å². The summed E-state index contributed by atoms with van der Waals surface area (Å²) in [7, 11) is 0. The Balaban J connectivity index is 1.36. The van der Waals surface area contributed by atoms with Gasteiger partial charge in [0, 0.05) is 61.1 Å². The molecule has 8 heteroatoms. The standard InChI is InChI=1S/C21H31ClN6S/c1-3-23-21(26-16-20-25-15-17(2)29-20)24-8-5-9-27-10-12-28(13-11-27)19-7-4-6-18(22)14-19/h4,6-7,14-15H,3,5,8-13,16H2,1-2H3,(H2,23,24,26). The van der Waals surface area contributed by atoms with E-state index in [0.29, 0.717) is 6.54 Å². The maximum absolute atomic E-state index is 6.12. The molecule has 0 atom stereocenters. The SMILES string of the molecule is CCNC(=NCc1ncc(C)s1)NCCCN1CCN(c2cccc(Cl)c2)CC1. The van der Waals surface area contributed by atoms with E-state index in [0.717, 1.165) is 68.2 Å². The number of piperazine rings is 1. The summed E-state index contributed by atoms with van der Waals surface area (Å²) in [4.78, 5) is 15.2. The zero-order valence-corrected chi connectivity index (χ0v) is 18.9. The molecule has 1 aromatic heterocycles. The van der Waals surface area contributed by atoms with Crippen molar-refractivity contribution in [3.05, 3.63) is 45.4 Å². The van der Waals surface area contributed by atoms with E-state index in [4.69, 9.17) is 11.6 Å². The van der Waals surface area contributed by atoms with Crippen molar-refractivity contribution in [2.75, 3.05) is 50.7 Å². The van der Waals surface area contributed by atoms with Gasteiger partial charge in [-0.1, -0.05) is 17.7 Å². The van der Waals surface area contributed by atoms with Crippen molar-refractivity contribution in [2.24, 2.45) is 4.99 Å². The van der Waals surface area contributed by atoms with Gasteiger partial charge in [0.2, 0.25) is 0 Å². The normalized spacial score (nSPS) is 15.6. The number of benzene rings is 1. The summed E-state index contributed by atoms with van der Waals surface area (Å²) in [5.41, 5.74) is 1.22. The molecule has 0 radical (unpaired) electrons.